The summed E-state index contributed by atoms with van der Waals surface area (Å²) in [5, 5.41) is 9.49. The highest BCUT2D eigenvalue weighted by Gasteiger charge is 2.21. The van der Waals surface area contributed by atoms with E-state index in [9.17, 15) is 14.9 Å². The van der Waals surface area contributed by atoms with Crippen LogP contribution in [0.2, 0.25) is 0 Å². The first kappa shape index (κ1) is 26.3. The molecule has 184 valence electrons. The fourth-order valence-corrected chi connectivity index (χ4v) is 4.04. The molecule has 1 fully saturated rings. The van der Waals surface area contributed by atoms with E-state index in [-0.39, 0.29) is 29.6 Å². The van der Waals surface area contributed by atoms with Crippen molar-refractivity contribution in [3.05, 3.63) is 57.6 Å². The number of morpholine rings is 1. The topological polar surface area (TPSA) is 98.1 Å². The summed E-state index contributed by atoms with van der Waals surface area (Å²) in [5.41, 5.74) is 1.74. The number of carbonyl (C=O) groups is 2. The summed E-state index contributed by atoms with van der Waals surface area (Å²) in [6, 6.07) is 12.5. The molecule has 2 aromatic carbocycles. The summed E-state index contributed by atoms with van der Waals surface area (Å²) in [7, 11) is 1.44. The molecule has 2 aromatic rings. The molecule has 0 aromatic heterocycles. The van der Waals surface area contributed by atoms with E-state index in [1.165, 1.54) is 18.7 Å². The van der Waals surface area contributed by atoms with Crippen LogP contribution < -0.4 is 14.2 Å². The van der Waals surface area contributed by atoms with Gasteiger partial charge in [-0.15, -0.1) is 0 Å². The summed E-state index contributed by atoms with van der Waals surface area (Å²) in [6.07, 6.45) is 3.48. The Labute approximate surface area is 213 Å². The lowest BCUT2D eigenvalue weighted by atomic mass is 10.1. The van der Waals surface area contributed by atoms with E-state index in [1.807, 2.05) is 24.3 Å². The van der Waals surface area contributed by atoms with Crippen LogP contribution in [0.4, 0.5) is 0 Å². The molecule has 0 unspecified atom stereocenters. The average molecular weight is 543 g/mol. The molecule has 0 atom stereocenters. The first-order valence-corrected chi connectivity index (χ1v) is 12.0. The normalized spacial score (nSPS) is 13.7. The van der Waals surface area contributed by atoms with Gasteiger partial charge in [-0.3, -0.25) is 4.79 Å². The number of ether oxygens (including phenoxy) is 4. The van der Waals surface area contributed by atoms with Gasteiger partial charge in [0.25, 0.3) is 5.91 Å². The second-order valence-corrected chi connectivity index (χ2v) is 8.62. The van der Waals surface area contributed by atoms with Gasteiger partial charge in [-0.25, -0.2) is 4.79 Å². The summed E-state index contributed by atoms with van der Waals surface area (Å²) >= 11 is 3.47. The highest BCUT2D eigenvalue weighted by atomic mass is 79.9. The summed E-state index contributed by atoms with van der Waals surface area (Å²) in [5.74, 6) is 0.0813. The Morgan fingerprint density at radius 3 is 2.54 bits per heavy atom. The number of carbonyl (C=O) groups excluding carboxylic acids is 2. The summed E-state index contributed by atoms with van der Waals surface area (Å²) < 4.78 is 22.4. The van der Waals surface area contributed by atoms with Gasteiger partial charge in [-0.1, -0.05) is 25.5 Å². The molecule has 0 radical (unpaired) electrons. The third-order valence-electron chi connectivity index (χ3n) is 5.25. The van der Waals surface area contributed by atoms with Gasteiger partial charge in [0.15, 0.2) is 18.1 Å². The zero-order chi connectivity index (χ0) is 25.2. The molecule has 1 aliphatic rings. The minimum absolute atomic E-state index is 0.00244. The van der Waals surface area contributed by atoms with Crippen molar-refractivity contribution in [3.63, 3.8) is 0 Å². The first-order valence-electron chi connectivity index (χ1n) is 11.2. The molecule has 0 spiro atoms. The molecule has 1 amide bonds. The van der Waals surface area contributed by atoms with E-state index in [4.69, 9.17) is 18.9 Å². The van der Waals surface area contributed by atoms with Crippen molar-refractivity contribution in [2.24, 2.45) is 0 Å². The molecule has 0 bridgehead atoms. The number of nitriles is 1. The minimum Gasteiger partial charge on any atom is -0.493 e. The predicted octanol–water partition coefficient (Wildman–Crippen LogP) is 4.16. The number of amides is 1. The lowest BCUT2D eigenvalue weighted by molar-refractivity contribution is -0.136. The number of hydrogen-bond donors (Lipinski definition) is 0. The van der Waals surface area contributed by atoms with Crippen molar-refractivity contribution in [2.75, 3.05) is 40.0 Å². The SMILES string of the molecule is CCCc1ccc(OCC(=O)Oc2ccc(/C=C(\C#N)C(=O)N3CCOCC3)cc2OC)c(Br)c1. The number of benzene rings is 2. The van der Waals surface area contributed by atoms with Crippen LogP contribution in [-0.4, -0.2) is 56.8 Å². The zero-order valence-corrected chi connectivity index (χ0v) is 21.3. The van der Waals surface area contributed by atoms with Crippen molar-refractivity contribution in [2.45, 2.75) is 19.8 Å². The fraction of sp³-hybridized carbons (Fsp3) is 0.346. The lowest BCUT2D eigenvalue weighted by Crippen LogP contribution is -2.41. The van der Waals surface area contributed by atoms with Crippen LogP contribution in [-0.2, 0) is 20.7 Å². The first-order chi connectivity index (χ1) is 16.9. The van der Waals surface area contributed by atoms with E-state index in [1.54, 1.807) is 23.1 Å². The average Bonchev–Trinajstić information content (AvgIpc) is 2.87. The van der Waals surface area contributed by atoms with Gasteiger partial charge in [-0.05, 0) is 63.8 Å². The van der Waals surface area contributed by atoms with Crippen molar-refractivity contribution >= 4 is 33.9 Å². The monoisotopic (exact) mass is 542 g/mol. The zero-order valence-electron chi connectivity index (χ0n) is 19.7. The second-order valence-electron chi connectivity index (χ2n) is 7.76. The third kappa shape index (κ3) is 7.31. The summed E-state index contributed by atoms with van der Waals surface area (Å²) in [4.78, 5) is 26.6. The molecule has 8 nitrogen and oxygen atoms in total. The van der Waals surface area contributed by atoms with Crippen molar-refractivity contribution in [1.82, 2.24) is 4.90 Å². The molecule has 0 N–H and O–H groups in total. The van der Waals surface area contributed by atoms with E-state index < -0.39 is 5.97 Å². The summed E-state index contributed by atoms with van der Waals surface area (Å²) in [6.45, 7) is 3.60. The van der Waals surface area contributed by atoms with Crippen LogP contribution in [0.25, 0.3) is 6.08 Å². The standard InChI is InChI=1S/C26H27BrN2O6/c1-3-4-18-5-7-22(21(27)14-18)34-17-25(30)35-23-8-6-19(15-24(23)32-2)13-20(16-28)26(31)29-9-11-33-12-10-29/h5-8,13-15H,3-4,9-12,17H2,1-2H3/b20-13+. The van der Waals surface area contributed by atoms with E-state index >= 15 is 0 Å². The Morgan fingerprint density at radius 1 is 1.14 bits per heavy atom. The molecule has 0 saturated carbocycles. The van der Waals surface area contributed by atoms with Crippen LogP contribution in [0.5, 0.6) is 17.2 Å². The minimum atomic E-state index is -0.601. The smallest absolute Gasteiger partial charge is 0.349 e. The van der Waals surface area contributed by atoms with Gasteiger partial charge in [0.05, 0.1) is 24.8 Å². The van der Waals surface area contributed by atoms with Crippen LogP contribution in [0.15, 0.2) is 46.4 Å². The van der Waals surface area contributed by atoms with Gasteiger partial charge in [-0.2, -0.15) is 5.26 Å². The Hall–Kier alpha value is -3.35. The predicted molar refractivity (Wildman–Crippen MR) is 133 cm³/mol. The molecule has 9 heteroatoms. The Kier molecular flexibility index (Phi) is 9.70. The van der Waals surface area contributed by atoms with Gasteiger partial charge in [0.2, 0.25) is 0 Å². The quantitative estimate of drug-likeness (QED) is 0.203. The van der Waals surface area contributed by atoms with Crippen LogP contribution in [0, 0.1) is 11.3 Å². The number of esters is 1. The highest BCUT2D eigenvalue weighted by molar-refractivity contribution is 9.10. The molecular formula is C26H27BrN2O6. The molecule has 35 heavy (non-hydrogen) atoms. The maximum absolute atomic E-state index is 12.6. The Balaban J connectivity index is 1.65. The molecule has 1 heterocycles. The fourth-order valence-electron chi connectivity index (χ4n) is 3.50. The van der Waals surface area contributed by atoms with Gasteiger partial charge in [0.1, 0.15) is 17.4 Å². The number of aryl methyl sites for hydroxylation is 1. The number of methoxy groups -OCH3 is 1. The molecule has 3 rings (SSSR count). The van der Waals surface area contributed by atoms with E-state index in [0.717, 1.165) is 17.3 Å². The van der Waals surface area contributed by atoms with Gasteiger partial charge in [0, 0.05) is 13.1 Å². The Morgan fingerprint density at radius 2 is 1.89 bits per heavy atom. The third-order valence-corrected chi connectivity index (χ3v) is 5.87. The van der Waals surface area contributed by atoms with Crippen LogP contribution >= 0.6 is 15.9 Å². The number of halogens is 1. The molecule has 0 aliphatic carbocycles. The maximum atomic E-state index is 12.6. The van der Waals surface area contributed by atoms with Gasteiger partial charge >= 0.3 is 5.97 Å². The number of hydrogen-bond acceptors (Lipinski definition) is 7. The van der Waals surface area contributed by atoms with Crippen LogP contribution in [0.3, 0.4) is 0 Å². The second kappa shape index (κ2) is 12.9. The van der Waals surface area contributed by atoms with Crippen molar-refractivity contribution in [3.8, 4) is 23.3 Å². The highest BCUT2D eigenvalue weighted by Crippen LogP contribution is 2.30. The van der Waals surface area contributed by atoms with Crippen molar-refractivity contribution in [1.29, 1.82) is 5.26 Å². The maximum Gasteiger partial charge on any atom is 0.349 e. The Bertz CT molecular complexity index is 1140. The molecular weight excluding hydrogens is 516 g/mol. The number of rotatable bonds is 9. The van der Waals surface area contributed by atoms with Crippen molar-refractivity contribution < 1.29 is 28.5 Å². The molecule has 1 saturated heterocycles. The lowest BCUT2D eigenvalue weighted by Gasteiger charge is -2.26. The van der Waals surface area contributed by atoms with Gasteiger partial charge < -0.3 is 23.8 Å². The van der Waals surface area contributed by atoms with Crippen LogP contribution in [0.1, 0.15) is 24.5 Å². The number of nitrogens with zero attached hydrogens (tertiary/aromatic N) is 2. The van der Waals surface area contributed by atoms with E-state index in [2.05, 4.69) is 22.9 Å². The van der Waals surface area contributed by atoms with E-state index in [0.29, 0.717) is 37.6 Å². The largest absolute Gasteiger partial charge is 0.493 e. The molecule has 1 aliphatic heterocycles.